The van der Waals surface area contributed by atoms with Crippen LogP contribution in [0, 0.1) is 12.8 Å². The standard InChI is InChI=1S/C21H20N2O3/c1-13-10-11-15(12-18(13)22-19(24)14-6-2-3-7-14)23-20(25)16-8-4-5-9-17(16)21(23)26/h4-5,8-12,14H,2-3,6-7H2,1H3,(H,22,24). The zero-order chi connectivity index (χ0) is 18.3. The van der Waals surface area contributed by atoms with Gasteiger partial charge < -0.3 is 5.32 Å². The molecule has 0 bridgehead atoms. The van der Waals surface area contributed by atoms with E-state index in [0.717, 1.165) is 31.2 Å². The Bertz CT molecular complexity index is 878. The number of anilines is 2. The van der Waals surface area contributed by atoms with E-state index >= 15 is 0 Å². The number of carbonyl (C=O) groups is 3. The number of imide groups is 1. The van der Waals surface area contributed by atoms with Gasteiger partial charge in [0, 0.05) is 11.6 Å². The second-order valence-electron chi connectivity index (χ2n) is 6.96. The molecule has 2 aromatic rings. The highest BCUT2D eigenvalue weighted by Crippen LogP contribution is 2.32. The summed E-state index contributed by atoms with van der Waals surface area (Å²) in [7, 11) is 0. The summed E-state index contributed by atoms with van der Waals surface area (Å²) in [5, 5.41) is 2.98. The molecule has 1 saturated carbocycles. The molecule has 0 aromatic heterocycles. The Balaban J connectivity index is 1.63. The normalized spacial score (nSPS) is 16.9. The van der Waals surface area contributed by atoms with Crippen molar-refractivity contribution in [2.45, 2.75) is 32.6 Å². The predicted octanol–water partition coefficient (Wildman–Crippen LogP) is 3.92. The maximum atomic E-state index is 12.7. The lowest BCUT2D eigenvalue weighted by Crippen LogP contribution is -2.29. The van der Waals surface area contributed by atoms with Gasteiger partial charge in [-0.1, -0.05) is 31.0 Å². The van der Waals surface area contributed by atoms with E-state index in [2.05, 4.69) is 5.32 Å². The third-order valence-corrected chi connectivity index (χ3v) is 5.26. The summed E-state index contributed by atoms with van der Waals surface area (Å²) in [5.74, 6) is -0.590. The molecule has 2 aliphatic rings. The summed E-state index contributed by atoms with van der Waals surface area (Å²) in [5.41, 5.74) is 2.85. The van der Waals surface area contributed by atoms with Crippen molar-refractivity contribution in [1.29, 1.82) is 0 Å². The molecule has 0 atom stereocenters. The largest absolute Gasteiger partial charge is 0.326 e. The second-order valence-corrected chi connectivity index (χ2v) is 6.96. The van der Waals surface area contributed by atoms with E-state index in [4.69, 9.17) is 0 Å². The first-order valence-corrected chi connectivity index (χ1v) is 8.95. The molecule has 26 heavy (non-hydrogen) atoms. The first-order valence-electron chi connectivity index (χ1n) is 8.95. The Morgan fingerprint density at radius 3 is 2.23 bits per heavy atom. The molecule has 3 amide bonds. The van der Waals surface area contributed by atoms with E-state index in [1.807, 2.05) is 13.0 Å². The average Bonchev–Trinajstić information content (AvgIpc) is 3.26. The molecular formula is C21H20N2O3. The molecular weight excluding hydrogens is 328 g/mol. The molecule has 1 N–H and O–H groups in total. The van der Waals surface area contributed by atoms with Crippen LogP contribution in [0.15, 0.2) is 42.5 Å². The maximum absolute atomic E-state index is 12.7. The van der Waals surface area contributed by atoms with Crippen molar-refractivity contribution in [1.82, 2.24) is 0 Å². The molecule has 1 heterocycles. The minimum absolute atomic E-state index is 0.0186. The van der Waals surface area contributed by atoms with E-state index in [0.29, 0.717) is 22.5 Å². The number of amides is 3. The van der Waals surface area contributed by atoms with Gasteiger partial charge in [0.15, 0.2) is 0 Å². The van der Waals surface area contributed by atoms with Gasteiger partial charge in [-0.3, -0.25) is 14.4 Å². The van der Waals surface area contributed by atoms with Crippen molar-refractivity contribution in [2.24, 2.45) is 5.92 Å². The highest BCUT2D eigenvalue weighted by atomic mass is 16.2. The summed E-state index contributed by atoms with van der Waals surface area (Å²) in [6.07, 6.45) is 4.02. The van der Waals surface area contributed by atoms with Crippen molar-refractivity contribution in [3.8, 4) is 0 Å². The zero-order valence-electron chi connectivity index (χ0n) is 14.6. The summed E-state index contributed by atoms with van der Waals surface area (Å²) < 4.78 is 0. The molecule has 4 rings (SSSR count). The molecule has 2 aromatic carbocycles. The fourth-order valence-corrected chi connectivity index (χ4v) is 3.73. The number of hydrogen-bond acceptors (Lipinski definition) is 3. The summed E-state index contributed by atoms with van der Waals surface area (Å²) in [4.78, 5) is 38.9. The lowest BCUT2D eigenvalue weighted by atomic mass is 10.1. The van der Waals surface area contributed by atoms with Crippen LogP contribution in [0.4, 0.5) is 11.4 Å². The van der Waals surface area contributed by atoms with Crippen LogP contribution in [-0.2, 0) is 4.79 Å². The Morgan fingerprint density at radius 1 is 1.00 bits per heavy atom. The number of fused-ring (bicyclic) bond motifs is 1. The molecule has 0 unspecified atom stereocenters. The lowest BCUT2D eigenvalue weighted by Gasteiger charge is -2.18. The van der Waals surface area contributed by atoms with E-state index in [1.165, 1.54) is 4.90 Å². The minimum Gasteiger partial charge on any atom is -0.326 e. The number of hydrogen-bond donors (Lipinski definition) is 1. The van der Waals surface area contributed by atoms with Crippen LogP contribution in [-0.4, -0.2) is 17.7 Å². The van der Waals surface area contributed by atoms with Crippen LogP contribution in [0.1, 0.15) is 52.0 Å². The second kappa shape index (κ2) is 6.41. The van der Waals surface area contributed by atoms with Crippen LogP contribution in [0.2, 0.25) is 0 Å². The molecule has 1 fully saturated rings. The topological polar surface area (TPSA) is 66.5 Å². The molecule has 5 nitrogen and oxygen atoms in total. The Kier molecular flexibility index (Phi) is 4.07. The first-order chi connectivity index (χ1) is 12.6. The fraction of sp³-hybridized carbons (Fsp3) is 0.286. The van der Waals surface area contributed by atoms with E-state index < -0.39 is 0 Å². The number of carbonyl (C=O) groups excluding carboxylic acids is 3. The molecule has 0 spiro atoms. The molecule has 5 heteroatoms. The predicted molar refractivity (Wildman–Crippen MR) is 99.3 cm³/mol. The van der Waals surface area contributed by atoms with Crippen LogP contribution >= 0.6 is 0 Å². The Morgan fingerprint density at radius 2 is 1.62 bits per heavy atom. The van der Waals surface area contributed by atoms with Crippen LogP contribution in [0.5, 0.6) is 0 Å². The molecule has 132 valence electrons. The first kappa shape index (κ1) is 16.5. The molecule has 1 aliphatic heterocycles. The smallest absolute Gasteiger partial charge is 0.266 e. The number of nitrogens with zero attached hydrogens (tertiary/aromatic N) is 1. The number of benzene rings is 2. The van der Waals surface area contributed by atoms with Crippen molar-refractivity contribution in [2.75, 3.05) is 10.2 Å². The summed E-state index contributed by atoms with van der Waals surface area (Å²) >= 11 is 0. The minimum atomic E-state index is -0.331. The van der Waals surface area contributed by atoms with Crippen LogP contribution < -0.4 is 10.2 Å². The third kappa shape index (κ3) is 2.69. The van der Waals surface area contributed by atoms with Gasteiger partial charge in [0.25, 0.3) is 11.8 Å². The fourth-order valence-electron chi connectivity index (χ4n) is 3.73. The Labute approximate surface area is 152 Å². The maximum Gasteiger partial charge on any atom is 0.266 e. The quantitative estimate of drug-likeness (QED) is 0.855. The monoisotopic (exact) mass is 348 g/mol. The Hall–Kier alpha value is -2.95. The van der Waals surface area contributed by atoms with Crippen molar-refractivity contribution in [3.05, 3.63) is 59.2 Å². The van der Waals surface area contributed by atoms with Gasteiger partial charge in [-0.05, 0) is 49.6 Å². The van der Waals surface area contributed by atoms with Gasteiger partial charge in [0.2, 0.25) is 5.91 Å². The van der Waals surface area contributed by atoms with E-state index in [9.17, 15) is 14.4 Å². The highest BCUT2D eigenvalue weighted by Gasteiger charge is 2.36. The van der Waals surface area contributed by atoms with Crippen molar-refractivity contribution < 1.29 is 14.4 Å². The molecule has 0 saturated heterocycles. The van der Waals surface area contributed by atoms with E-state index in [-0.39, 0.29) is 23.6 Å². The van der Waals surface area contributed by atoms with E-state index in [1.54, 1.807) is 36.4 Å². The lowest BCUT2D eigenvalue weighted by molar-refractivity contribution is -0.119. The van der Waals surface area contributed by atoms with Crippen LogP contribution in [0.25, 0.3) is 0 Å². The summed E-state index contributed by atoms with van der Waals surface area (Å²) in [6, 6.07) is 12.1. The average molecular weight is 348 g/mol. The molecule has 0 radical (unpaired) electrons. The van der Waals surface area contributed by atoms with Crippen molar-refractivity contribution in [3.63, 3.8) is 0 Å². The van der Waals surface area contributed by atoms with Gasteiger partial charge in [-0.25, -0.2) is 4.90 Å². The van der Waals surface area contributed by atoms with Gasteiger partial charge in [0.05, 0.1) is 16.8 Å². The highest BCUT2D eigenvalue weighted by molar-refractivity contribution is 6.34. The molecule has 1 aliphatic carbocycles. The van der Waals surface area contributed by atoms with Gasteiger partial charge in [-0.15, -0.1) is 0 Å². The van der Waals surface area contributed by atoms with Gasteiger partial charge >= 0.3 is 0 Å². The third-order valence-electron chi connectivity index (χ3n) is 5.26. The number of rotatable bonds is 3. The number of aryl methyl sites for hydroxylation is 1. The van der Waals surface area contributed by atoms with Gasteiger partial charge in [-0.2, -0.15) is 0 Å². The summed E-state index contributed by atoms with van der Waals surface area (Å²) in [6.45, 7) is 1.90. The van der Waals surface area contributed by atoms with Crippen molar-refractivity contribution >= 4 is 29.1 Å². The number of nitrogens with one attached hydrogen (secondary N) is 1. The van der Waals surface area contributed by atoms with Gasteiger partial charge in [0.1, 0.15) is 0 Å². The SMILES string of the molecule is Cc1ccc(N2C(=O)c3ccccc3C2=O)cc1NC(=O)C1CCCC1. The zero-order valence-corrected chi connectivity index (χ0v) is 14.6. The van der Waals surface area contributed by atoms with Crippen LogP contribution in [0.3, 0.4) is 0 Å².